The summed E-state index contributed by atoms with van der Waals surface area (Å²) >= 11 is 3.99. The molecule has 4 saturated carbocycles. The lowest BCUT2D eigenvalue weighted by molar-refractivity contribution is -0.134. The molecule has 0 saturated heterocycles. The number of carboxylic acids is 1. The monoisotopic (exact) mass is 410 g/mol. The van der Waals surface area contributed by atoms with Gasteiger partial charge in [-0.05, 0) is 105 Å². The molecule has 0 aromatic heterocycles. The van der Waals surface area contributed by atoms with Crippen LogP contribution in [-0.2, 0) is 4.79 Å². The normalized spacial score (nSPS) is 32.2. The summed E-state index contributed by atoms with van der Waals surface area (Å²) in [4.78, 5) is 11.8. The zero-order valence-corrected chi connectivity index (χ0v) is 18.7. The topological polar surface area (TPSA) is 37.3 Å². The smallest absolute Gasteiger partial charge is 0.331 e. The van der Waals surface area contributed by atoms with Crippen LogP contribution in [-0.4, -0.2) is 34.1 Å². The number of hydrogen-bond donors (Lipinski definition) is 1. The zero-order chi connectivity index (χ0) is 19.1. The first-order valence-corrected chi connectivity index (χ1v) is 13.5. The van der Waals surface area contributed by atoms with Crippen LogP contribution < -0.4 is 0 Å². The fourth-order valence-electron chi connectivity index (χ4n) is 6.15. The molecule has 0 radical (unpaired) electrons. The number of aliphatic carboxylic acids is 1. The molecule has 4 rings (SSSR count). The first-order chi connectivity index (χ1) is 13.1. The van der Waals surface area contributed by atoms with Crippen molar-refractivity contribution in [2.24, 2.45) is 23.2 Å². The van der Waals surface area contributed by atoms with Crippen molar-refractivity contribution in [1.29, 1.82) is 0 Å². The fraction of sp³-hybridized carbons (Fsp3) is 0.870. The van der Waals surface area contributed by atoms with E-state index in [1.54, 1.807) is 0 Å². The van der Waals surface area contributed by atoms with Gasteiger partial charge in [0.1, 0.15) is 0 Å². The van der Waals surface area contributed by atoms with E-state index in [9.17, 15) is 9.90 Å². The quantitative estimate of drug-likeness (QED) is 0.272. The second-order valence-electron chi connectivity index (χ2n) is 9.38. The predicted molar refractivity (Wildman–Crippen MR) is 120 cm³/mol. The van der Waals surface area contributed by atoms with Crippen molar-refractivity contribution < 1.29 is 9.90 Å². The maximum atomic E-state index is 11.8. The Morgan fingerprint density at radius 1 is 0.963 bits per heavy atom. The first kappa shape index (κ1) is 21.6. The van der Waals surface area contributed by atoms with E-state index < -0.39 is 5.97 Å². The van der Waals surface area contributed by atoms with Crippen LogP contribution >= 0.6 is 23.5 Å². The van der Waals surface area contributed by atoms with Gasteiger partial charge in [-0.3, -0.25) is 0 Å². The zero-order valence-electron chi connectivity index (χ0n) is 17.1. The molecular formula is C23H38O2S2. The lowest BCUT2D eigenvalue weighted by Gasteiger charge is -2.57. The van der Waals surface area contributed by atoms with Gasteiger partial charge >= 0.3 is 5.97 Å². The third-order valence-electron chi connectivity index (χ3n) is 6.92. The molecule has 0 unspecified atom stereocenters. The summed E-state index contributed by atoms with van der Waals surface area (Å²) in [5, 5.41) is 9.74. The van der Waals surface area contributed by atoms with E-state index in [1.165, 1.54) is 75.7 Å². The molecule has 154 valence electrons. The number of rotatable bonds is 13. The summed E-state index contributed by atoms with van der Waals surface area (Å²) < 4.78 is 0. The molecule has 0 heterocycles. The van der Waals surface area contributed by atoms with Crippen molar-refractivity contribution in [1.82, 2.24) is 0 Å². The predicted octanol–water partition coefficient (Wildman–Crippen LogP) is 6.65. The molecule has 4 aliphatic rings. The molecule has 4 fully saturated rings. The second-order valence-corrected chi connectivity index (χ2v) is 11.8. The lowest BCUT2D eigenvalue weighted by atomic mass is 9.48. The van der Waals surface area contributed by atoms with Crippen molar-refractivity contribution >= 4 is 29.5 Å². The maximum absolute atomic E-state index is 11.8. The number of thioether (sulfide) groups is 2. The first-order valence-electron chi connectivity index (χ1n) is 11.2. The van der Waals surface area contributed by atoms with Crippen molar-refractivity contribution in [2.75, 3.05) is 23.0 Å². The van der Waals surface area contributed by atoms with Gasteiger partial charge in [0, 0.05) is 11.3 Å². The Labute approximate surface area is 174 Å². The van der Waals surface area contributed by atoms with Gasteiger partial charge in [0.25, 0.3) is 0 Å². The molecule has 27 heavy (non-hydrogen) atoms. The summed E-state index contributed by atoms with van der Waals surface area (Å²) in [5.74, 6) is 6.65. The highest BCUT2D eigenvalue weighted by molar-refractivity contribution is 7.99. The molecule has 4 heteroatoms. The molecule has 0 amide bonds. The number of unbranched alkanes of at least 4 members (excludes halogenated alkanes) is 2. The Hall–Kier alpha value is -0.0900. The molecule has 0 aliphatic heterocycles. The van der Waals surface area contributed by atoms with E-state index in [0.717, 1.165) is 35.7 Å². The molecular weight excluding hydrogens is 372 g/mol. The van der Waals surface area contributed by atoms with Crippen LogP contribution in [0.3, 0.4) is 0 Å². The SMILES string of the molecule is CCCCSCCCCSCC=C(CC12CC3CC(CC(C3)C1)C2)C(=O)O. The second kappa shape index (κ2) is 10.6. The van der Waals surface area contributed by atoms with Gasteiger partial charge in [-0.2, -0.15) is 23.5 Å². The molecule has 1 N–H and O–H groups in total. The van der Waals surface area contributed by atoms with Gasteiger partial charge in [0.15, 0.2) is 0 Å². The Kier molecular flexibility index (Phi) is 8.50. The van der Waals surface area contributed by atoms with E-state index in [2.05, 4.69) is 18.7 Å². The summed E-state index contributed by atoms with van der Waals surface area (Å²) in [6.45, 7) is 2.25. The van der Waals surface area contributed by atoms with Crippen LogP contribution in [0.4, 0.5) is 0 Å². The third-order valence-corrected chi connectivity index (χ3v) is 9.06. The largest absolute Gasteiger partial charge is 0.478 e. The molecule has 4 aliphatic carbocycles. The highest BCUT2D eigenvalue weighted by Crippen LogP contribution is 2.62. The Morgan fingerprint density at radius 3 is 2.07 bits per heavy atom. The fourth-order valence-corrected chi connectivity index (χ4v) is 8.14. The minimum atomic E-state index is -0.668. The number of carboxylic acid groups (broad SMARTS) is 1. The van der Waals surface area contributed by atoms with Gasteiger partial charge in [0.2, 0.25) is 0 Å². The number of carbonyl (C=O) groups is 1. The van der Waals surface area contributed by atoms with Crippen LogP contribution in [0.2, 0.25) is 0 Å². The average molecular weight is 411 g/mol. The molecule has 0 atom stereocenters. The molecule has 0 aromatic carbocycles. The van der Waals surface area contributed by atoms with Gasteiger partial charge in [-0.25, -0.2) is 4.79 Å². The number of hydrogen-bond acceptors (Lipinski definition) is 3. The van der Waals surface area contributed by atoms with E-state index >= 15 is 0 Å². The standard InChI is InChI=1S/C23H38O2S2/c1-2-3-7-26-8-4-5-9-27-10-6-21(22(24)25)17-23-14-18-11-19(15-23)13-20(12-18)16-23/h6,18-20H,2-5,7-17H2,1H3,(H,24,25). The van der Waals surface area contributed by atoms with Crippen LogP contribution in [0.25, 0.3) is 0 Å². The summed E-state index contributed by atoms with van der Waals surface area (Å²) in [5.41, 5.74) is 1.04. The molecule has 4 bridgehead atoms. The van der Waals surface area contributed by atoms with Crippen LogP contribution in [0.1, 0.15) is 77.6 Å². The van der Waals surface area contributed by atoms with Crippen LogP contribution in [0, 0.1) is 23.2 Å². The van der Waals surface area contributed by atoms with Crippen LogP contribution in [0.15, 0.2) is 11.6 Å². The van der Waals surface area contributed by atoms with Crippen molar-refractivity contribution in [3.8, 4) is 0 Å². The van der Waals surface area contributed by atoms with E-state index in [0.29, 0.717) is 11.0 Å². The Morgan fingerprint density at radius 2 is 1.52 bits per heavy atom. The minimum Gasteiger partial charge on any atom is -0.478 e. The molecule has 0 aromatic rings. The summed E-state index contributed by atoms with van der Waals surface area (Å²) in [6, 6.07) is 0. The highest BCUT2D eigenvalue weighted by Gasteiger charge is 2.51. The van der Waals surface area contributed by atoms with E-state index in [4.69, 9.17) is 0 Å². The Bertz CT molecular complexity index is 479. The maximum Gasteiger partial charge on any atom is 0.331 e. The minimum absolute atomic E-state index is 0.333. The van der Waals surface area contributed by atoms with Crippen molar-refractivity contribution in [3.05, 3.63) is 11.6 Å². The van der Waals surface area contributed by atoms with Crippen LogP contribution in [0.5, 0.6) is 0 Å². The summed E-state index contributed by atoms with van der Waals surface area (Å²) in [7, 11) is 0. The van der Waals surface area contributed by atoms with E-state index in [1.807, 2.05) is 17.8 Å². The molecule has 0 spiro atoms. The van der Waals surface area contributed by atoms with Gasteiger partial charge in [-0.1, -0.05) is 19.4 Å². The van der Waals surface area contributed by atoms with Crippen molar-refractivity contribution in [3.63, 3.8) is 0 Å². The third kappa shape index (κ3) is 6.45. The van der Waals surface area contributed by atoms with E-state index in [-0.39, 0.29) is 0 Å². The molecule has 2 nitrogen and oxygen atoms in total. The Balaban J connectivity index is 1.37. The van der Waals surface area contributed by atoms with Crippen molar-refractivity contribution in [2.45, 2.75) is 77.6 Å². The highest BCUT2D eigenvalue weighted by atomic mass is 32.2. The lowest BCUT2D eigenvalue weighted by Crippen LogP contribution is -2.46. The summed E-state index contributed by atoms with van der Waals surface area (Å²) in [6.07, 6.45) is 16.2. The van der Waals surface area contributed by atoms with Gasteiger partial charge < -0.3 is 5.11 Å². The van der Waals surface area contributed by atoms with Gasteiger partial charge in [-0.15, -0.1) is 0 Å². The van der Waals surface area contributed by atoms with Gasteiger partial charge in [0.05, 0.1) is 0 Å². The average Bonchev–Trinajstić information content (AvgIpc) is 2.61.